The summed E-state index contributed by atoms with van der Waals surface area (Å²) in [5, 5.41) is 11.8. The molecule has 0 saturated carbocycles. The third-order valence-electron chi connectivity index (χ3n) is 3.63. The van der Waals surface area contributed by atoms with Crippen molar-refractivity contribution in [1.29, 1.82) is 0 Å². The number of H-pyrrole nitrogens is 1. The summed E-state index contributed by atoms with van der Waals surface area (Å²) in [6, 6.07) is 14.4. The normalized spacial score (nSPS) is 11.5. The zero-order valence-corrected chi connectivity index (χ0v) is 16.7. The monoisotopic (exact) mass is 450 g/mol. The molecule has 8 heteroatoms. The van der Waals surface area contributed by atoms with Gasteiger partial charge in [-0.15, -0.1) is 0 Å². The summed E-state index contributed by atoms with van der Waals surface area (Å²) in [5.41, 5.74) is 5.75. The number of rotatable bonds is 4. The first-order chi connectivity index (χ1) is 12.4. The van der Waals surface area contributed by atoms with Crippen molar-refractivity contribution in [3.8, 4) is 11.3 Å². The van der Waals surface area contributed by atoms with Gasteiger partial charge in [0.15, 0.2) is 0 Å². The van der Waals surface area contributed by atoms with E-state index in [2.05, 4.69) is 36.7 Å². The van der Waals surface area contributed by atoms with E-state index < -0.39 is 0 Å². The number of carbonyl (C=O) groups is 1. The summed E-state index contributed by atoms with van der Waals surface area (Å²) in [7, 11) is 0. The first kappa shape index (κ1) is 18.6. The Hall–Kier alpha value is -2.15. The van der Waals surface area contributed by atoms with Gasteiger partial charge in [0.25, 0.3) is 5.91 Å². The molecule has 0 spiro atoms. The third kappa shape index (κ3) is 4.33. The predicted molar refractivity (Wildman–Crippen MR) is 108 cm³/mol. The zero-order chi connectivity index (χ0) is 18.7. The average molecular weight is 452 g/mol. The molecule has 5 nitrogen and oxygen atoms in total. The minimum absolute atomic E-state index is 0.290. The Bertz CT molecular complexity index is 983. The summed E-state index contributed by atoms with van der Waals surface area (Å²) in [6.45, 7) is 1.82. The quantitative estimate of drug-likeness (QED) is 0.417. The maximum absolute atomic E-state index is 12.3. The molecule has 0 saturated heterocycles. The lowest BCUT2D eigenvalue weighted by Crippen LogP contribution is -2.19. The number of aromatic nitrogens is 2. The summed E-state index contributed by atoms with van der Waals surface area (Å²) >= 11 is 15.3. The molecule has 2 aromatic carbocycles. The lowest BCUT2D eigenvalue weighted by molar-refractivity contribution is 0.0950. The number of hydrazone groups is 1. The van der Waals surface area contributed by atoms with E-state index in [0.717, 1.165) is 15.6 Å². The Labute approximate surface area is 168 Å². The van der Waals surface area contributed by atoms with Crippen molar-refractivity contribution in [2.24, 2.45) is 5.10 Å². The van der Waals surface area contributed by atoms with Gasteiger partial charge in [0, 0.05) is 10.0 Å². The Kier molecular flexibility index (Phi) is 5.76. The standard InChI is InChI=1S/C18H13BrCl2N4O/c1-10(11-2-5-13(19)6-3-11)22-25-18(26)17-9-16(23-24-17)12-4-7-14(20)15(21)8-12/h2-9H,1H3,(H,23,24)(H,25,26). The Morgan fingerprint density at radius 3 is 2.54 bits per heavy atom. The van der Waals surface area contributed by atoms with Gasteiger partial charge < -0.3 is 0 Å². The second kappa shape index (κ2) is 8.03. The predicted octanol–water partition coefficient (Wildman–Crippen LogP) is 5.30. The minimum atomic E-state index is -0.389. The van der Waals surface area contributed by atoms with Crippen molar-refractivity contribution in [2.75, 3.05) is 0 Å². The van der Waals surface area contributed by atoms with Crippen molar-refractivity contribution >= 4 is 50.8 Å². The molecule has 3 aromatic rings. The smallest absolute Gasteiger partial charge is 0.272 e. The van der Waals surface area contributed by atoms with Crippen LogP contribution in [0.3, 0.4) is 0 Å². The number of hydrogen-bond acceptors (Lipinski definition) is 3. The SMILES string of the molecule is CC(=NNC(=O)c1cc(-c2ccc(Cl)c(Cl)c2)n[nH]1)c1ccc(Br)cc1. The molecule has 1 aromatic heterocycles. The van der Waals surface area contributed by atoms with Gasteiger partial charge in [-0.3, -0.25) is 9.89 Å². The molecule has 26 heavy (non-hydrogen) atoms. The minimum Gasteiger partial charge on any atom is -0.272 e. The van der Waals surface area contributed by atoms with E-state index in [0.29, 0.717) is 27.1 Å². The number of hydrogen-bond donors (Lipinski definition) is 2. The molecule has 0 fully saturated rings. The van der Waals surface area contributed by atoms with E-state index in [1.54, 1.807) is 24.3 Å². The maximum Gasteiger partial charge on any atom is 0.289 e. The van der Waals surface area contributed by atoms with Crippen LogP contribution in [-0.2, 0) is 0 Å². The fourth-order valence-corrected chi connectivity index (χ4v) is 2.75. The molecule has 1 heterocycles. The molecular weight excluding hydrogens is 439 g/mol. The highest BCUT2D eigenvalue weighted by molar-refractivity contribution is 9.10. The Balaban J connectivity index is 1.72. The molecule has 1 amide bonds. The third-order valence-corrected chi connectivity index (χ3v) is 4.89. The highest BCUT2D eigenvalue weighted by Crippen LogP contribution is 2.27. The average Bonchev–Trinajstić information content (AvgIpc) is 3.12. The second-order valence-corrected chi connectivity index (χ2v) is 7.17. The number of nitrogens with one attached hydrogen (secondary N) is 2. The highest BCUT2D eigenvalue weighted by Gasteiger charge is 2.12. The molecule has 0 aliphatic rings. The van der Waals surface area contributed by atoms with Crippen molar-refractivity contribution < 1.29 is 4.79 Å². The van der Waals surface area contributed by atoms with Crippen LogP contribution in [0.2, 0.25) is 10.0 Å². The number of amides is 1. The molecule has 2 N–H and O–H groups in total. The van der Waals surface area contributed by atoms with Crippen LogP contribution in [0, 0.1) is 0 Å². The molecule has 0 atom stereocenters. The van der Waals surface area contributed by atoms with Gasteiger partial charge in [-0.25, -0.2) is 5.43 Å². The number of aromatic amines is 1. The van der Waals surface area contributed by atoms with Crippen LogP contribution in [0.5, 0.6) is 0 Å². The van der Waals surface area contributed by atoms with Crippen LogP contribution in [0.1, 0.15) is 23.0 Å². The van der Waals surface area contributed by atoms with E-state index in [4.69, 9.17) is 23.2 Å². The van der Waals surface area contributed by atoms with Gasteiger partial charge in [0.1, 0.15) is 5.69 Å². The number of nitrogens with zero attached hydrogens (tertiary/aromatic N) is 2. The highest BCUT2D eigenvalue weighted by atomic mass is 79.9. The lowest BCUT2D eigenvalue weighted by Gasteiger charge is -2.02. The maximum atomic E-state index is 12.3. The molecule has 0 radical (unpaired) electrons. The molecule has 0 bridgehead atoms. The molecular formula is C18H13BrCl2N4O. The van der Waals surface area contributed by atoms with Crippen LogP contribution in [-0.4, -0.2) is 21.8 Å². The van der Waals surface area contributed by atoms with E-state index >= 15 is 0 Å². The van der Waals surface area contributed by atoms with Gasteiger partial charge in [0.2, 0.25) is 0 Å². The van der Waals surface area contributed by atoms with E-state index in [9.17, 15) is 4.79 Å². The van der Waals surface area contributed by atoms with Crippen molar-refractivity contribution in [3.05, 3.63) is 74.3 Å². The number of benzene rings is 2. The number of halogens is 3. The number of carbonyl (C=O) groups excluding carboxylic acids is 1. The van der Waals surface area contributed by atoms with Crippen molar-refractivity contribution in [1.82, 2.24) is 15.6 Å². The van der Waals surface area contributed by atoms with Crippen molar-refractivity contribution in [3.63, 3.8) is 0 Å². The van der Waals surface area contributed by atoms with Gasteiger partial charge in [-0.05, 0) is 42.8 Å². The topological polar surface area (TPSA) is 70.1 Å². The van der Waals surface area contributed by atoms with E-state index in [-0.39, 0.29) is 5.91 Å². The van der Waals surface area contributed by atoms with Gasteiger partial charge in [0.05, 0.1) is 21.5 Å². The van der Waals surface area contributed by atoms with E-state index in [1.165, 1.54) is 0 Å². The fraction of sp³-hybridized carbons (Fsp3) is 0.0556. The van der Waals surface area contributed by atoms with Crippen molar-refractivity contribution in [2.45, 2.75) is 6.92 Å². The first-order valence-electron chi connectivity index (χ1n) is 7.55. The summed E-state index contributed by atoms with van der Waals surface area (Å²) in [6.07, 6.45) is 0. The second-order valence-electron chi connectivity index (χ2n) is 5.44. The summed E-state index contributed by atoms with van der Waals surface area (Å²) < 4.78 is 0.977. The van der Waals surface area contributed by atoms with Crippen LogP contribution >= 0.6 is 39.1 Å². The summed E-state index contributed by atoms with van der Waals surface area (Å²) in [4.78, 5) is 12.3. The van der Waals surface area contributed by atoms with Crippen LogP contribution in [0.4, 0.5) is 0 Å². The first-order valence-corrected chi connectivity index (χ1v) is 9.10. The molecule has 0 aliphatic carbocycles. The van der Waals surface area contributed by atoms with Crippen LogP contribution in [0.15, 0.2) is 58.1 Å². The Morgan fingerprint density at radius 1 is 1.12 bits per heavy atom. The van der Waals surface area contributed by atoms with E-state index in [1.807, 2.05) is 31.2 Å². The Morgan fingerprint density at radius 2 is 1.85 bits per heavy atom. The summed E-state index contributed by atoms with van der Waals surface area (Å²) in [5.74, 6) is -0.389. The van der Waals surface area contributed by atoms with Gasteiger partial charge in [-0.2, -0.15) is 10.2 Å². The van der Waals surface area contributed by atoms with Crippen LogP contribution in [0.25, 0.3) is 11.3 Å². The lowest BCUT2D eigenvalue weighted by atomic mass is 10.1. The van der Waals surface area contributed by atoms with Crippen LogP contribution < -0.4 is 5.43 Å². The fourth-order valence-electron chi connectivity index (χ4n) is 2.19. The molecule has 3 rings (SSSR count). The van der Waals surface area contributed by atoms with Gasteiger partial charge >= 0.3 is 0 Å². The largest absolute Gasteiger partial charge is 0.289 e. The van der Waals surface area contributed by atoms with Gasteiger partial charge in [-0.1, -0.05) is 57.3 Å². The molecule has 132 valence electrons. The zero-order valence-electron chi connectivity index (χ0n) is 13.6. The molecule has 0 aliphatic heterocycles. The molecule has 0 unspecified atom stereocenters.